The summed E-state index contributed by atoms with van der Waals surface area (Å²) in [6, 6.07) is 30.4. The minimum absolute atomic E-state index is 0.103. The summed E-state index contributed by atoms with van der Waals surface area (Å²) in [5.41, 5.74) is 1.85. The van der Waals surface area contributed by atoms with E-state index in [1.807, 2.05) is 83.8 Å². The first kappa shape index (κ1) is 18.5. The quantitative estimate of drug-likeness (QED) is 0.725. The van der Waals surface area contributed by atoms with E-state index in [-0.39, 0.29) is 5.91 Å². The van der Waals surface area contributed by atoms with Gasteiger partial charge in [-0.05, 0) is 37.0 Å². The Balaban J connectivity index is 1.75. The van der Waals surface area contributed by atoms with Crippen molar-refractivity contribution in [2.24, 2.45) is 0 Å². The molecule has 0 radical (unpaired) electrons. The Morgan fingerprint density at radius 1 is 0.750 bits per heavy atom. The Kier molecular flexibility index (Phi) is 4.78. The van der Waals surface area contributed by atoms with E-state index in [2.05, 4.69) is 31.3 Å². The van der Waals surface area contributed by atoms with Crippen molar-refractivity contribution in [3.8, 4) is 0 Å². The molecule has 0 spiro atoms. The molecule has 0 aromatic heterocycles. The molecule has 0 saturated carbocycles. The molecule has 1 saturated heterocycles. The van der Waals surface area contributed by atoms with Gasteiger partial charge < -0.3 is 4.90 Å². The molecule has 1 amide bonds. The van der Waals surface area contributed by atoms with E-state index in [1.165, 1.54) is 5.56 Å². The van der Waals surface area contributed by atoms with Crippen molar-refractivity contribution in [1.82, 2.24) is 10.2 Å². The Labute approximate surface area is 167 Å². The van der Waals surface area contributed by atoms with Crippen molar-refractivity contribution in [3.63, 3.8) is 0 Å². The van der Waals surface area contributed by atoms with Crippen LogP contribution in [0.25, 0.3) is 0 Å². The number of amides is 1. The number of carbonyl (C=O) groups is 1. The summed E-state index contributed by atoms with van der Waals surface area (Å²) >= 11 is 0. The van der Waals surface area contributed by atoms with Crippen LogP contribution in [-0.2, 0) is 16.8 Å². The second-order valence-corrected chi connectivity index (χ2v) is 7.86. The van der Waals surface area contributed by atoms with E-state index in [0.717, 1.165) is 17.5 Å². The van der Waals surface area contributed by atoms with Crippen molar-refractivity contribution in [1.29, 1.82) is 0 Å². The number of hydrogen-bond acceptors (Lipinski definition) is 2. The highest BCUT2D eigenvalue weighted by Gasteiger charge is 2.56. The lowest BCUT2D eigenvalue weighted by atomic mass is 9.82. The van der Waals surface area contributed by atoms with Gasteiger partial charge in [-0.1, -0.05) is 91.0 Å². The maximum absolute atomic E-state index is 13.9. The highest BCUT2D eigenvalue weighted by atomic mass is 16.2. The van der Waals surface area contributed by atoms with Crippen molar-refractivity contribution in [2.75, 3.05) is 6.54 Å². The molecule has 3 aromatic carbocycles. The van der Waals surface area contributed by atoms with Gasteiger partial charge in [-0.25, -0.2) is 0 Å². The van der Waals surface area contributed by atoms with Crippen LogP contribution in [0.4, 0.5) is 0 Å². The van der Waals surface area contributed by atoms with Gasteiger partial charge in [-0.15, -0.1) is 0 Å². The lowest BCUT2D eigenvalue weighted by molar-refractivity contribution is -0.133. The third-order valence-corrected chi connectivity index (χ3v) is 5.61. The smallest absolute Gasteiger partial charge is 0.253 e. The Hall–Kier alpha value is -2.91. The fourth-order valence-corrected chi connectivity index (χ4v) is 4.24. The van der Waals surface area contributed by atoms with Crippen molar-refractivity contribution in [2.45, 2.75) is 31.5 Å². The first-order valence-electron chi connectivity index (χ1n) is 9.80. The van der Waals surface area contributed by atoms with Gasteiger partial charge in [0.1, 0.15) is 0 Å². The molecule has 4 rings (SSSR count). The first-order valence-corrected chi connectivity index (χ1v) is 9.80. The highest BCUT2D eigenvalue weighted by molar-refractivity contribution is 5.94. The average molecular weight is 370 g/mol. The molecule has 3 heteroatoms. The Bertz CT molecular complexity index is 897. The Morgan fingerprint density at radius 2 is 1.21 bits per heavy atom. The minimum atomic E-state index is -0.872. The molecule has 1 heterocycles. The van der Waals surface area contributed by atoms with E-state index >= 15 is 0 Å². The van der Waals surface area contributed by atoms with E-state index < -0.39 is 11.2 Å². The van der Waals surface area contributed by atoms with Gasteiger partial charge in [-0.2, -0.15) is 0 Å². The lowest BCUT2D eigenvalue weighted by Gasteiger charge is -2.31. The van der Waals surface area contributed by atoms with Crippen LogP contribution in [0.5, 0.6) is 0 Å². The van der Waals surface area contributed by atoms with E-state index in [1.54, 1.807) is 0 Å². The second kappa shape index (κ2) is 7.25. The fraction of sp³-hybridized carbons (Fsp3) is 0.240. The maximum Gasteiger partial charge on any atom is 0.253 e. The molecule has 0 atom stereocenters. The van der Waals surface area contributed by atoms with Crippen molar-refractivity contribution < 1.29 is 4.79 Å². The predicted molar refractivity (Wildman–Crippen MR) is 113 cm³/mol. The molecule has 0 unspecified atom stereocenters. The number of benzene rings is 3. The molecule has 1 aliphatic rings. The molecule has 3 nitrogen and oxygen atoms in total. The van der Waals surface area contributed by atoms with Crippen LogP contribution < -0.4 is 5.32 Å². The van der Waals surface area contributed by atoms with E-state index in [4.69, 9.17) is 0 Å². The second-order valence-electron chi connectivity index (χ2n) is 7.86. The molecule has 0 bridgehead atoms. The fourth-order valence-electron chi connectivity index (χ4n) is 4.24. The van der Waals surface area contributed by atoms with E-state index in [0.29, 0.717) is 6.54 Å². The molecule has 3 aromatic rings. The first-order chi connectivity index (χ1) is 13.5. The van der Waals surface area contributed by atoms with Gasteiger partial charge in [0.25, 0.3) is 5.91 Å². The molecular weight excluding hydrogens is 344 g/mol. The molecule has 28 heavy (non-hydrogen) atoms. The zero-order chi connectivity index (χ0) is 19.6. The van der Waals surface area contributed by atoms with Gasteiger partial charge in [0.2, 0.25) is 0 Å². The third kappa shape index (κ3) is 3.12. The standard InChI is InChI=1S/C25H26N2O/c1-24(2)26-25(21-14-8-4-9-15-21,22-16-10-5-11-17-22)23(28)27(24)19-18-20-12-6-3-7-13-20/h3-17,26H,18-19H2,1-2H3. The summed E-state index contributed by atoms with van der Waals surface area (Å²) < 4.78 is 0. The van der Waals surface area contributed by atoms with Crippen molar-refractivity contribution >= 4 is 5.91 Å². The molecule has 142 valence electrons. The third-order valence-electron chi connectivity index (χ3n) is 5.61. The average Bonchev–Trinajstić information content (AvgIpc) is 2.94. The maximum atomic E-state index is 13.9. The number of rotatable bonds is 5. The summed E-state index contributed by atoms with van der Waals surface area (Å²) in [6.07, 6.45) is 0.831. The van der Waals surface area contributed by atoms with Crippen LogP contribution in [0.1, 0.15) is 30.5 Å². The zero-order valence-electron chi connectivity index (χ0n) is 16.4. The van der Waals surface area contributed by atoms with Crippen molar-refractivity contribution in [3.05, 3.63) is 108 Å². The number of carbonyl (C=O) groups excluding carboxylic acids is 1. The monoisotopic (exact) mass is 370 g/mol. The van der Waals surface area contributed by atoms with Crippen LogP contribution in [0.3, 0.4) is 0 Å². The summed E-state index contributed by atoms with van der Waals surface area (Å²) in [4.78, 5) is 15.9. The van der Waals surface area contributed by atoms with Gasteiger partial charge >= 0.3 is 0 Å². The van der Waals surface area contributed by atoms with Crippen LogP contribution in [0.2, 0.25) is 0 Å². The molecular formula is C25H26N2O. The van der Waals surface area contributed by atoms with Crippen LogP contribution in [-0.4, -0.2) is 23.0 Å². The highest BCUT2D eigenvalue weighted by Crippen LogP contribution is 2.40. The number of hydrogen-bond donors (Lipinski definition) is 1. The predicted octanol–water partition coefficient (Wildman–Crippen LogP) is 4.34. The summed E-state index contributed by atoms with van der Waals surface area (Å²) in [6.45, 7) is 4.84. The molecule has 0 aliphatic carbocycles. The lowest BCUT2D eigenvalue weighted by Crippen LogP contribution is -2.50. The van der Waals surface area contributed by atoms with E-state index in [9.17, 15) is 4.79 Å². The minimum Gasteiger partial charge on any atom is -0.322 e. The van der Waals surface area contributed by atoms with Gasteiger partial charge in [0, 0.05) is 6.54 Å². The van der Waals surface area contributed by atoms with Crippen LogP contribution in [0.15, 0.2) is 91.0 Å². The number of nitrogens with one attached hydrogen (secondary N) is 1. The normalized spacial score (nSPS) is 17.6. The SMILES string of the molecule is CC1(C)NC(c2ccccc2)(c2ccccc2)C(=O)N1CCc1ccccc1. The topological polar surface area (TPSA) is 32.3 Å². The summed E-state index contributed by atoms with van der Waals surface area (Å²) in [7, 11) is 0. The summed E-state index contributed by atoms with van der Waals surface area (Å²) in [5, 5.41) is 3.69. The Morgan fingerprint density at radius 3 is 1.71 bits per heavy atom. The van der Waals surface area contributed by atoms with Gasteiger partial charge in [0.05, 0.1) is 5.66 Å². The zero-order valence-corrected chi connectivity index (χ0v) is 16.4. The van der Waals surface area contributed by atoms with Gasteiger partial charge in [-0.3, -0.25) is 10.1 Å². The molecule has 1 fully saturated rings. The number of nitrogens with zero attached hydrogens (tertiary/aromatic N) is 1. The van der Waals surface area contributed by atoms with Crippen LogP contribution >= 0.6 is 0 Å². The molecule has 1 aliphatic heterocycles. The molecule has 1 N–H and O–H groups in total. The van der Waals surface area contributed by atoms with Crippen LogP contribution in [0, 0.1) is 0 Å². The summed E-state index contributed by atoms with van der Waals surface area (Å²) in [5.74, 6) is 0.103. The van der Waals surface area contributed by atoms with Gasteiger partial charge in [0.15, 0.2) is 5.54 Å². The largest absolute Gasteiger partial charge is 0.322 e.